The van der Waals surface area contributed by atoms with Crippen LogP contribution in [0.15, 0.2) is 48.5 Å². The molecule has 0 N–H and O–H groups in total. The largest absolute Gasteiger partial charge is 0.494 e. The molecule has 3 rings (SSSR count). The third kappa shape index (κ3) is 8.69. The van der Waals surface area contributed by atoms with Crippen LogP contribution in [0.3, 0.4) is 0 Å². The summed E-state index contributed by atoms with van der Waals surface area (Å²) in [4.78, 5) is 12.4. The van der Waals surface area contributed by atoms with Gasteiger partial charge in [0.05, 0.1) is 32.0 Å². The summed E-state index contributed by atoms with van der Waals surface area (Å²) >= 11 is 0. The maximum atomic E-state index is 14.0. The number of esters is 1. The van der Waals surface area contributed by atoms with Gasteiger partial charge in [-0.25, -0.2) is 4.79 Å². The van der Waals surface area contributed by atoms with E-state index in [9.17, 15) is 61.9 Å². The molecule has 1 saturated heterocycles. The van der Waals surface area contributed by atoms with Gasteiger partial charge in [0.2, 0.25) is 0 Å². The topological polar surface area (TPSA) is 63.2 Å². The van der Waals surface area contributed by atoms with Crippen molar-refractivity contribution in [3.63, 3.8) is 0 Å². The van der Waals surface area contributed by atoms with Crippen LogP contribution in [-0.4, -0.2) is 75.0 Å². The van der Waals surface area contributed by atoms with Crippen molar-refractivity contribution in [1.82, 2.24) is 0 Å². The fourth-order valence-corrected chi connectivity index (χ4v) is 4.31. The molecule has 1 heterocycles. The van der Waals surface area contributed by atoms with Gasteiger partial charge in [-0.15, -0.1) is 0 Å². The lowest BCUT2D eigenvalue weighted by Gasteiger charge is -2.40. The Labute approximate surface area is 276 Å². The first-order valence-electron chi connectivity index (χ1n) is 14.9. The SMILES string of the molecule is CCC1(COCCCCCCOc2ccc(C(=O)Oc3ccc(OC(F)(F)C(F)(F)C(F)(F)C(F)(F)C(F)(F)C(F)(F)F)cc3)cc2)COC1. The van der Waals surface area contributed by atoms with Gasteiger partial charge in [-0.2, -0.15) is 57.1 Å². The maximum absolute atomic E-state index is 14.0. The van der Waals surface area contributed by atoms with Crippen LogP contribution < -0.4 is 14.2 Å². The molecule has 6 nitrogen and oxygen atoms in total. The van der Waals surface area contributed by atoms with Crippen molar-refractivity contribution in [2.24, 2.45) is 5.41 Å². The van der Waals surface area contributed by atoms with Gasteiger partial charge < -0.3 is 23.7 Å². The zero-order chi connectivity index (χ0) is 37.7. The Balaban J connectivity index is 1.47. The summed E-state index contributed by atoms with van der Waals surface area (Å²) in [6.07, 6.45) is -9.80. The average Bonchev–Trinajstić information content (AvgIpc) is 3.01. The number of rotatable bonds is 19. The van der Waals surface area contributed by atoms with Crippen LogP contribution in [-0.2, 0) is 9.47 Å². The van der Waals surface area contributed by atoms with E-state index in [0.717, 1.165) is 45.3 Å². The molecule has 0 amide bonds. The predicted octanol–water partition coefficient (Wildman–Crippen LogP) is 9.36. The fraction of sp³-hybridized carbons (Fsp3) is 0.581. The summed E-state index contributed by atoms with van der Waals surface area (Å²) in [5.41, 5.74) is 0.0995. The molecule has 50 heavy (non-hydrogen) atoms. The lowest BCUT2D eigenvalue weighted by Crippen LogP contribution is -2.70. The second kappa shape index (κ2) is 15.4. The average molecular weight is 747 g/mol. The van der Waals surface area contributed by atoms with Gasteiger partial charge in [0.15, 0.2) is 0 Å². The van der Waals surface area contributed by atoms with Gasteiger partial charge in [-0.3, -0.25) is 0 Å². The molecule has 0 unspecified atom stereocenters. The van der Waals surface area contributed by atoms with Crippen LogP contribution in [0.2, 0.25) is 0 Å². The molecule has 2 aromatic rings. The van der Waals surface area contributed by atoms with Gasteiger partial charge in [-0.1, -0.05) is 13.3 Å². The predicted molar refractivity (Wildman–Crippen MR) is 148 cm³/mol. The van der Waals surface area contributed by atoms with E-state index in [1.807, 2.05) is 0 Å². The molecular weight excluding hydrogens is 715 g/mol. The molecule has 0 spiro atoms. The molecule has 0 atom stereocenters. The van der Waals surface area contributed by atoms with Crippen LogP contribution in [0.5, 0.6) is 17.2 Å². The number of benzene rings is 2. The van der Waals surface area contributed by atoms with Crippen LogP contribution in [0.1, 0.15) is 49.4 Å². The van der Waals surface area contributed by atoms with Crippen LogP contribution in [0, 0.1) is 5.41 Å². The first-order valence-corrected chi connectivity index (χ1v) is 14.9. The summed E-state index contributed by atoms with van der Waals surface area (Å²) in [6, 6.07) is 7.35. The molecule has 282 valence electrons. The highest BCUT2D eigenvalue weighted by Gasteiger charge is 2.91. The molecule has 0 aliphatic carbocycles. The quantitative estimate of drug-likeness (QED) is 0.0618. The van der Waals surface area contributed by atoms with Gasteiger partial charge in [0.1, 0.15) is 17.2 Å². The lowest BCUT2D eigenvalue weighted by atomic mass is 9.84. The highest BCUT2D eigenvalue weighted by atomic mass is 19.4. The number of unbranched alkanes of at least 4 members (excludes halogenated alkanes) is 3. The maximum Gasteiger partial charge on any atom is 0.471 e. The van der Waals surface area contributed by atoms with E-state index < -0.39 is 53.4 Å². The van der Waals surface area contributed by atoms with Crippen molar-refractivity contribution < 1.29 is 85.6 Å². The molecule has 0 bridgehead atoms. The molecule has 19 heteroatoms. The molecule has 1 aliphatic heterocycles. The lowest BCUT2D eigenvalue weighted by molar-refractivity contribution is -0.456. The minimum Gasteiger partial charge on any atom is -0.494 e. The highest BCUT2D eigenvalue weighted by Crippen LogP contribution is 2.60. The van der Waals surface area contributed by atoms with Crippen molar-refractivity contribution in [2.75, 3.05) is 33.0 Å². The van der Waals surface area contributed by atoms with Gasteiger partial charge in [-0.05, 0) is 74.2 Å². The van der Waals surface area contributed by atoms with Crippen molar-refractivity contribution in [2.45, 2.75) is 75.0 Å². The first-order chi connectivity index (χ1) is 23.0. The minimum atomic E-state index is -8.05. The van der Waals surface area contributed by atoms with Gasteiger partial charge in [0.25, 0.3) is 0 Å². The number of carbonyl (C=O) groups excluding carboxylic acids is 1. The summed E-state index contributed by atoms with van der Waals surface area (Å²) in [6.45, 7) is 5.27. The van der Waals surface area contributed by atoms with Crippen molar-refractivity contribution in [1.29, 1.82) is 0 Å². The Hall–Kier alpha value is -3.48. The number of halogens is 13. The second-order valence-corrected chi connectivity index (χ2v) is 11.5. The Morgan fingerprint density at radius 2 is 1.16 bits per heavy atom. The highest BCUT2D eigenvalue weighted by molar-refractivity contribution is 5.91. The second-order valence-electron chi connectivity index (χ2n) is 11.5. The van der Waals surface area contributed by atoms with E-state index in [-0.39, 0.29) is 11.0 Å². The molecule has 0 aromatic heterocycles. The van der Waals surface area contributed by atoms with E-state index >= 15 is 0 Å². The van der Waals surface area contributed by atoms with E-state index in [2.05, 4.69) is 11.7 Å². The molecule has 0 radical (unpaired) electrons. The Kier molecular flexibility index (Phi) is 12.6. The third-order valence-corrected chi connectivity index (χ3v) is 7.70. The molecular formula is C31H31F13O6. The van der Waals surface area contributed by atoms with Crippen molar-refractivity contribution in [3.8, 4) is 17.2 Å². The molecule has 1 aliphatic rings. The third-order valence-electron chi connectivity index (χ3n) is 7.70. The fourth-order valence-electron chi connectivity index (χ4n) is 4.31. The smallest absolute Gasteiger partial charge is 0.471 e. The van der Waals surface area contributed by atoms with Crippen molar-refractivity contribution in [3.05, 3.63) is 54.1 Å². The summed E-state index contributed by atoms with van der Waals surface area (Å²) in [7, 11) is 0. The van der Waals surface area contributed by atoms with E-state index in [0.29, 0.717) is 49.8 Å². The Morgan fingerprint density at radius 1 is 0.660 bits per heavy atom. The Morgan fingerprint density at radius 3 is 1.66 bits per heavy atom. The van der Waals surface area contributed by atoms with E-state index in [1.54, 1.807) is 0 Å². The molecule has 2 aromatic carbocycles. The monoisotopic (exact) mass is 746 g/mol. The van der Waals surface area contributed by atoms with Gasteiger partial charge in [0, 0.05) is 12.0 Å². The Bertz CT molecular complexity index is 1390. The number of ether oxygens (including phenoxy) is 5. The normalized spacial score (nSPS) is 15.7. The summed E-state index contributed by atoms with van der Waals surface area (Å²) in [5, 5.41) is 0. The van der Waals surface area contributed by atoms with E-state index in [4.69, 9.17) is 18.9 Å². The van der Waals surface area contributed by atoms with Crippen LogP contribution in [0.25, 0.3) is 0 Å². The minimum absolute atomic E-state index is 0.0408. The molecule has 1 fully saturated rings. The standard InChI is InChI=1S/C31H31F13O6/c1-2-25(18-47-19-25)17-46-15-5-3-4-6-16-48-21-9-7-20(8-10-21)24(45)49-22-11-13-23(14-12-22)50-31(43,44)29(38,39)27(34,35)26(32,33)28(36,37)30(40,41)42/h7-14H,2-6,15-19H2,1H3. The van der Waals surface area contributed by atoms with Crippen LogP contribution >= 0.6 is 0 Å². The summed E-state index contributed by atoms with van der Waals surface area (Å²) in [5.74, 6) is -34.0. The van der Waals surface area contributed by atoms with Crippen molar-refractivity contribution >= 4 is 5.97 Å². The van der Waals surface area contributed by atoms with Gasteiger partial charge >= 0.3 is 41.9 Å². The van der Waals surface area contributed by atoms with Crippen LogP contribution in [0.4, 0.5) is 57.1 Å². The number of hydrogen-bond acceptors (Lipinski definition) is 6. The zero-order valence-electron chi connectivity index (χ0n) is 26.1. The molecule has 0 saturated carbocycles. The number of carbonyl (C=O) groups is 1. The first kappa shape index (κ1) is 40.9. The number of alkyl halides is 13. The van der Waals surface area contributed by atoms with E-state index in [1.165, 1.54) is 24.3 Å². The zero-order valence-corrected chi connectivity index (χ0v) is 26.1. The summed E-state index contributed by atoms with van der Waals surface area (Å²) < 4.78 is 197. The number of hydrogen-bond donors (Lipinski definition) is 0.